The van der Waals surface area contributed by atoms with E-state index in [0.717, 1.165) is 32.6 Å². The number of aliphatic hydroxyl groups is 1. The smallest absolute Gasteiger partial charge is 0.300 e. The molecule has 0 aromatic carbocycles. The topological polar surface area (TPSA) is 74.6 Å². The maximum Gasteiger partial charge on any atom is 0.300 e. The van der Waals surface area contributed by atoms with Crippen LogP contribution in [0, 0.1) is 5.92 Å². The number of aliphatic hydroxyl groups excluding tert-OH is 1. The second-order valence-corrected chi connectivity index (χ2v) is 3.53. The van der Waals surface area contributed by atoms with Crippen LogP contribution in [-0.2, 0) is 9.59 Å². The molecular formula is C10H18O4. The zero-order valence-electron chi connectivity index (χ0n) is 8.53. The second-order valence-electron chi connectivity index (χ2n) is 3.53. The zero-order chi connectivity index (χ0) is 11.0. The van der Waals surface area contributed by atoms with E-state index in [1.165, 1.54) is 0 Å². The number of rotatable bonds is 2. The lowest BCUT2D eigenvalue weighted by Crippen LogP contribution is -2.15. The summed E-state index contributed by atoms with van der Waals surface area (Å²) in [5, 5.41) is 16.0. The predicted octanol–water partition coefficient (Wildman–Crippen LogP) is 1.22. The monoisotopic (exact) mass is 202 g/mol. The molecule has 2 N–H and O–H groups in total. The van der Waals surface area contributed by atoms with Crippen LogP contribution in [0.25, 0.3) is 0 Å². The van der Waals surface area contributed by atoms with Gasteiger partial charge in [-0.15, -0.1) is 0 Å². The fraction of sp³-hybridized carbons (Fsp3) is 0.800. The number of ketones is 1. The van der Waals surface area contributed by atoms with Gasteiger partial charge in [0.1, 0.15) is 5.78 Å². The summed E-state index contributed by atoms with van der Waals surface area (Å²) < 4.78 is 0. The highest BCUT2D eigenvalue weighted by Crippen LogP contribution is 2.23. The van der Waals surface area contributed by atoms with Crippen molar-refractivity contribution in [1.29, 1.82) is 0 Å². The first-order chi connectivity index (χ1) is 6.56. The lowest BCUT2D eigenvalue weighted by Gasteiger charge is -2.19. The van der Waals surface area contributed by atoms with E-state index in [1.807, 2.05) is 0 Å². The summed E-state index contributed by atoms with van der Waals surface area (Å²) in [7, 11) is 0. The Hall–Kier alpha value is -0.900. The van der Waals surface area contributed by atoms with Crippen LogP contribution in [0.15, 0.2) is 0 Å². The van der Waals surface area contributed by atoms with Crippen molar-refractivity contribution >= 4 is 11.8 Å². The van der Waals surface area contributed by atoms with Crippen LogP contribution in [0.1, 0.15) is 39.0 Å². The van der Waals surface area contributed by atoms with Gasteiger partial charge in [-0.05, 0) is 25.2 Å². The highest BCUT2D eigenvalue weighted by atomic mass is 16.4. The first-order valence-electron chi connectivity index (χ1n) is 4.88. The van der Waals surface area contributed by atoms with Crippen LogP contribution in [-0.4, -0.2) is 28.6 Å². The van der Waals surface area contributed by atoms with Crippen molar-refractivity contribution in [3.8, 4) is 0 Å². The quantitative estimate of drug-likeness (QED) is 0.706. The molecule has 0 amide bonds. The molecule has 1 rings (SSSR count). The summed E-state index contributed by atoms with van der Waals surface area (Å²) in [6, 6.07) is 0. The second kappa shape index (κ2) is 7.50. The molecule has 0 saturated heterocycles. The molecule has 14 heavy (non-hydrogen) atoms. The van der Waals surface area contributed by atoms with Gasteiger partial charge in [0.05, 0.1) is 0 Å². The number of carboxylic acid groups (broad SMARTS) is 1. The molecule has 82 valence electrons. The van der Waals surface area contributed by atoms with Gasteiger partial charge >= 0.3 is 0 Å². The third-order valence-corrected chi connectivity index (χ3v) is 2.12. The molecule has 0 bridgehead atoms. The average Bonchev–Trinajstić information content (AvgIpc) is 2.03. The van der Waals surface area contributed by atoms with Crippen LogP contribution in [0.2, 0.25) is 0 Å². The molecule has 0 aromatic heterocycles. The number of Topliss-reactive ketones (excluding diaryl/α,β-unsaturated/α-hetero) is 1. The molecule has 0 spiro atoms. The third-order valence-electron chi connectivity index (χ3n) is 2.12. The van der Waals surface area contributed by atoms with E-state index in [2.05, 4.69) is 0 Å². The Balaban J connectivity index is 0.000000364. The maximum absolute atomic E-state index is 10.9. The van der Waals surface area contributed by atoms with Gasteiger partial charge in [0, 0.05) is 26.4 Å². The Morgan fingerprint density at radius 3 is 2.57 bits per heavy atom. The Bertz CT molecular complexity index is 183. The van der Waals surface area contributed by atoms with Gasteiger partial charge in [0.15, 0.2) is 0 Å². The Labute approximate surface area is 83.9 Å². The Kier molecular flexibility index (Phi) is 7.02. The summed E-state index contributed by atoms with van der Waals surface area (Å²) in [6.45, 7) is 1.32. The van der Waals surface area contributed by atoms with Crippen LogP contribution in [0.5, 0.6) is 0 Å². The molecular weight excluding hydrogens is 184 g/mol. The van der Waals surface area contributed by atoms with Gasteiger partial charge < -0.3 is 10.2 Å². The van der Waals surface area contributed by atoms with Gasteiger partial charge in [-0.25, -0.2) is 0 Å². The van der Waals surface area contributed by atoms with E-state index >= 15 is 0 Å². The van der Waals surface area contributed by atoms with Gasteiger partial charge in [-0.2, -0.15) is 0 Å². The largest absolute Gasteiger partial charge is 0.481 e. The van der Waals surface area contributed by atoms with Crippen molar-refractivity contribution in [2.75, 3.05) is 6.61 Å². The number of carbonyl (C=O) groups is 2. The van der Waals surface area contributed by atoms with Crippen molar-refractivity contribution in [3.63, 3.8) is 0 Å². The molecule has 1 atom stereocenters. The Morgan fingerprint density at radius 1 is 1.57 bits per heavy atom. The fourth-order valence-electron chi connectivity index (χ4n) is 1.54. The van der Waals surface area contributed by atoms with E-state index in [-0.39, 0.29) is 6.61 Å². The predicted molar refractivity (Wildman–Crippen MR) is 52.0 cm³/mol. The van der Waals surface area contributed by atoms with Crippen LogP contribution >= 0.6 is 0 Å². The summed E-state index contributed by atoms with van der Waals surface area (Å²) in [6.07, 6.45) is 4.45. The van der Waals surface area contributed by atoms with E-state index in [9.17, 15) is 4.79 Å². The van der Waals surface area contributed by atoms with Gasteiger partial charge in [0.2, 0.25) is 0 Å². The summed E-state index contributed by atoms with van der Waals surface area (Å²) in [4.78, 5) is 19.9. The summed E-state index contributed by atoms with van der Waals surface area (Å²) in [5.74, 6) is 0.0240. The number of aliphatic carboxylic acids is 1. The standard InChI is InChI=1S/C8H14O2.C2H4O2/c9-5-4-7-2-1-3-8(10)6-7;1-2(3)4/h7,9H,1-6H2;1H3,(H,3,4). The maximum atomic E-state index is 10.9. The highest BCUT2D eigenvalue weighted by Gasteiger charge is 2.18. The first-order valence-corrected chi connectivity index (χ1v) is 4.88. The van der Waals surface area contributed by atoms with E-state index in [1.54, 1.807) is 0 Å². The van der Waals surface area contributed by atoms with Crippen molar-refractivity contribution in [1.82, 2.24) is 0 Å². The first kappa shape index (κ1) is 13.1. The van der Waals surface area contributed by atoms with Crippen LogP contribution in [0.3, 0.4) is 0 Å². The molecule has 4 nitrogen and oxygen atoms in total. The molecule has 1 aliphatic rings. The minimum absolute atomic E-state index is 0.234. The third kappa shape index (κ3) is 7.73. The van der Waals surface area contributed by atoms with E-state index < -0.39 is 5.97 Å². The summed E-state index contributed by atoms with van der Waals surface area (Å²) >= 11 is 0. The van der Waals surface area contributed by atoms with Crippen LogP contribution < -0.4 is 0 Å². The molecule has 0 aromatic rings. The van der Waals surface area contributed by atoms with Crippen molar-refractivity contribution in [2.24, 2.45) is 5.92 Å². The summed E-state index contributed by atoms with van der Waals surface area (Å²) in [5.41, 5.74) is 0. The lowest BCUT2D eigenvalue weighted by molar-refractivity contribution is -0.134. The number of hydrogen-bond donors (Lipinski definition) is 2. The number of carboxylic acids is 1. The van der Waals surface area contributed by atoms with E-state index in [4.69, 9.17) is 15.0 Å². The average molecular weight is 202 g/mol. The fourth-order valence-corrected chi connectivity index (χ4v) is 1.54. The minimum Gasteiger partial charge on any atom is -0.481 e. The zero-order valence-corrected chi connectivity index (χ0v) is 8.53. The van der Waals surface area contributed by atoms with Crippen molar-refractivity contribution in [3.05, 3.63) is 0 Å². The van der Waals surface area contributed by atoms with Crippen molar-refractivity contribution in [2.45, 2.75) is 39.0 Å². The molecule has 1 unspecified atom stereocenters. The highest BCUT2D eigenvalue weighted by molar-refractivity contribution is 5.79. The number of carbonyl (C=O) groups excluding carboxylic acids is 1. The van der Waals surface area contributed by atoms with E-state index in [0.29, 0.717) is 18.1 Å². The molecule has 0 heterocycles. The molecule has 1 aliphatic carbocycles. The molecule has 0 radical (unpaired) electrons. The lowest BCUT2D eigenvalue weighted by atomic mass is 9.86. The number of hydrogen-bond acceptors (Lipinski definition) is 3. The minimum atomic E-state index is -0.833. The Morgan fingerprint density at radius 2 is 2.14 bits per heavy atom. The van der Waals surface area contributed by atoms with Crippen LogP contribution in [0.4, 0.5) is 0 Å². The van der Waals surface area contributed by atoms with Gasteiger partial charge in [0.25, 0.3) is 5.97 Å². The SMILES string of the molecule is CC(=O)O.O=C1CCCC(CCO)C1. The van der Waals surface area contributed by atoms with Gasteiger partial charge in [-0.3, -0.25) is 9.59 Å². The molecule has 1 fully saturated rings. The molecule has 1 saturated carbocycles. The van der Waals surface area contributed by atoms with Crippen molar-refractivity contribution < 1.29 is 19.8 Å². The molecule has 0 aliphatic heterocycles. The van der Waals surface area contributed by atoms with Gasteiger partial charge in [-0.1, -0.05) is 0 Å². The molecule has 4 heteroatoms. The normalized spacial score (nSPS) is 21.0.